The van der Waals surface area contributed by atoms with Gasteiger partial charge in [-0.2, -0.15) is 0 Å². The molecule has 1 N–H and O–H groups in total. The largest absolute Gasteiger partial charge is 0.497 e. The minimum atomic E-state index is 0. The molecule has 0 unspecified atom stereocenters. The summed E-state index contributed by atoms with van der Waals surface area (Å²) < 4.78 is 16.3. The summed E-state index contributed by atoms with van der Waals surface area (Å²) in [6, 6.07) is 8.00. The zero-order valence-electron chi connectivity index (χ0n) is 19.2. The van der Waals surface area contributed by atoms with Gasteiger partial charge in [-0.1, -0.05) is 0 Å². The number of ether oxygens (including phenoxy) is 3. The van der Waals surface area contributed by atoms with E-state index in [2.05, 4.69) is 22.5 Å². The molecule has 0 spiro atoms. The molecule has 1 aliphatic rings. The second kappa shape index (κ2) is 14.7. The molecule has 0 atom stereocenters. The summed E-state index contributed by atoms with van der Waals surface area (Å²) in [7, 11) is 3.40. The van der Waals surface area contributed by atoms with E-state index in [0.29, 0.717) is 12.6 Å². The Bertz CT molecular complexity index is 808. The Morgan fingerprint density at radius 1 is 1.19 bits per heavy atom. The third-order valence-electron chi connectivity index (χ3n) is 5.20. The summed E-state index contributed by atoms with van der Waals surface area (Å²) in [6.45, 7) is 6.96. The van der Waals surface area contributed by atoms with Gasteiger partial charge >= 0.3 is 0 Å². The first-order valence-electron chi connectivity index (χ1n) is 11.0. The number of thiazole rings is 1. The number of rotatable bonds is 10. The van der Waals surface area contributed by atoms with Crippen LogP contribution in [0.25, 0.3) is 10.6 Å². The number of aliphatic imine (C=N–C) groups is 1. The molecular formula is C23H35IN4O3S. The predicted molar refractivity (Wildman–Crippen MR) is 141 cm³/mol. The third kappa shape index (κ3) is 8.17. The lowest BCUT2D eigenvalue weighted by Crippen LogP contribution is -2.47. The zero-order chi connectivity index (χ0) is 21.9. The van der Waals surface area contributed by atoms with Crippen molar-refractivity contribution in [1.29, 1.82) is 0 Å². The molecule has 3 rings (SSSR count). The van der Waals surface area contributed by atoms with E-state index in [-0.39, 0.29) is 24.0 Å². The van der Waals surface area contributed by atoms with Crippen molar-refractivity contribution < 1.29 is 14.2 Å². The van der Waals surface area contributed by atoms with E-state index in [9.17, 15) is 0 Å². The van der Waals surface area contributed by atoms with E-state index in [4.69, 9.17) is 24.2 Å². The topological polar surface area (TPSA) is 68.2 Å². The molecule has 178 valence electrons. The van der Waals surface area contributed by atoms with Gasteiger partial charge in [-0.15, -0.1) is 35.3 Å². The van der Waals surface area contributed by atoms with Gasteiger partial charge in [-0.3, -0.25) is 0 Å². The normalized spacial score (nSPS) is 14.8. The third-order valence-corrected chi connectivity index (χ3v) is 6.14. The number of methoxy groups -OCH3 is 2. The first kappa shape index (κ1) is 26.8. The lowest BCUT2D eigenvalue weighted by atomic mass is 10.1. The van der Waals surface area contributed by atoms with Crippen molar-refractivity contribution in [3.63, 3.8) is 0 Å². The van der Waals surface area contributed by atoms with E-state index in [0.717, 1.165) is 80.1 Å². The molecule has 0 bridgehead atoms. The number of hydrogen-bond donors (Lipinski definition) is 1. The Labute approximate surface area is 212 Å². The van der Waals surface area contributed by atoms with Crippen LogP contribution in [-0.4, -0.2) is 69.0 Å². The number of nitrogens with one attached hydrogen (secondary N) is 1. The molecule has 0 saturated carbocycles. The molecule has 2 aromatic rings. The van der Waals surface area contributed by atoms with E-state index in [1.54, 1.807) is 25.6 Å². The van der Waals surface area contributed by atoms with Crippen molar-refractivity contribution >= 4 is 41.3 Å². The van der Waals surface area contributed by atoms with Crippen molar-refractivity contribution in [2.24, 2.45) is 4.99 Å². The van der Waals surface area contributed by atoms with E-state index >= 15 is 0 Å². The van der Waals surface area contributed by atoms with Crippen molar-refractivity contribution in [2.75, 3.05) is 47.1 Å². The Kier molecular flexibility index (Phi) is 12.3. The van der Waals surface area contributed by atoms with Crippen LogP contribution < -0.4 is 10.1 Å². The van der Waals surface area contributed by atoms with Gasteiger partial charge in [0, 0.05) is 50.9 Å². The molecule has 2 heterocycles. The molecule has 1 saturated heterocycles. The molecule has 1 aliphatic heterocycles. The fourth-order valence-electron chi connectivity index (χ4n) is 3.52. The number of likely N-dealkylation sites (tertiary alicyclic amines) is 1. The number of piperidine rings is 1. The first-order chi connectivity index (χ1) is 15.2. The summed E-state index contributed by atoms with van der Waals surface area (Å²) in [5.74, 6) is 1.81. The highest BCUT2D eigenvalue weighted by Crippen LogP contribution is 2.26. The van der Waals surface area contributed by atoms with Gasteiger partial charge in [-0.25, -0.2) is 9.98 Å². The van der Waals surface area contributed by atoms with Crippen LogP contribution in [0.5, 0.6) is 5.75 Å². The lowest BCUT2D eigenvalue weighted by molar-refractivity contribution is 0.00990. The van der Waals surface area contributed by atoms with Gasteiger partial charge in [0.1, 0.15) is 10.8 Å². The van der Waals surface area contributed by atoms with Gasteiger partial charge in [0.05, 0.1) is 25.5 Å². The molecule has 0 aliphatic carbocycles. The summed E-state index contributed by atoms with van der Waals surface area (Å²) >= 11 is 1.65. The second-order valence-corrected chi connectivity index (χ2v) is 8.30. The first-order valence-corrected chi connectivity index (χ1v) is 11.8. The Balaban J connectivity index is 0.00000363. The van der Waals surface area contributed by atoms with Crippen LogP contribution in [-0.2, 0) is 16.0 Å². The standard InChI is InChI=1S/C23H34N4O3S.HI/c1-4-24-23(27-12-10-21(11-13-27)30-15-5-14-28-2)25-16-19-17-31-22(26-19)18-6-8-20(29-3)9-7-18;/h6-9,17,21H,4-5,10-16H2,1-3H3,(H,24,25);1H. The summed E-state index contributed by atoms with van der Waals surface area (Å²) in [4.78, 5) is 11.9. The lowest BCUT2D eigenvalue weighted by Gasteiger charge is -2.34. The number of guanidine groups is 1. The maximum Gasteiger partial charge on any atom is 0.194 e. The summed E-state index contributed by atoms with van der Waals surface area (Å²) in [5, 5.41) is 6.52. The monoisotopic (exact) mass is 574 g/mol. The smallest absolute Gasteiger partial charge is 0.194 e. The zero-order valence-corrected chi connectivity index (χ0v) is 22.4. The Morgan fingerprint density at radius 3 is 2.59 bits per heavy atom. The average Bonchev–Trinajstić information content (AvgIpc) is 3.29. The van der Waals surface area contributed by atoms with Crippen molar-refractivity contribution in [3.8, 4) is 16.3 Å². The fraction of sp³-hybridized carbons (Fsp3) is 0.565. The minimum absolute atomic E-state index is 0. The van der Waals surface area contributed by atoms with Crippen molar-refractivity contribution in [1.82, 2.24) is 15.2 Å². The SMILES string of the molecule is CCNC(=NCc1csc(-c2ccc(OC)cc2)n1)N1CCC(OCCCOC)CC1.I. The number of hydrogen-bond acceptors (Lipinski definition) is 6. The molecular weight excluding hydrogens is 539 g/mol. The summed E-state index contributed by atoms with van der Waals surface area (Å²) in [5.41, 5.74) is 2.09. The summed E-state index contributed by atoms with van der Waals surface area (Å²) in [6.07, 6.45) is 3.33. The highest BCUT2D eigenvalue weighted by Gasteiger charge is 2.22. The molecule has 9 heteroatoms. The quantitative estimate of drug-likeness (QED) is 0.196. The Hall–Kier alpha value is -1.43. The van der Waals surface area contributed by atoms with Crippen molar-refractivity contribution in [2.45, 2.75) is 38.8 Å². The highest BCUT2D eigenvalue weighted by molar-refractivity contribution is 14.0. The van der Waals surface area contributed by atoms with Gasteiger partial charge in [0.25, 0.3) is 0 Å². The van der Waals surface area contributed by atoms with Gasteiger partial charge in [-0.05, 0) is 50.5 Å². The highest BCUT2D eigenvalue weighted by atomic mass is 127. The Morgan fingerprint density at radius 2 is 1.94 bits per heavy atom. The van der Waals surface area contributed by atoms with Crippen LogP contribution in [0.1, 0.15) is 31.9 Å². The molecule has 7 nitrogen and oxygen atoms in total. The van der Waals surface area contributed by atoms with E-state index < -0.39 is 0 Å². The van der Waals surface area contributed by atoms with Crippen molar-refractivity contribution in [3.05, 3.63) is 35.3 Å². The van der Waals surface area contributed by atoms with Gasteiger partial charge in [0.15, 0.2) is 5.96 Å². The van der Waals surface area contributed by atoms with Crippen LogP contribution in [0.3, 0.4) is 0 Å². The molecule has 1 aromatic heterocycles. The fourth-order valence-corrected chi connectivity index (χ4v) is 4.33. The number of aromatic nitrogens is 1. The van der Waals surface area contributed by atoms with Crippen LogP contribution in [0, 0.1) is 0 Å². The average molecular weight is 575 g/mol. The predicted octanol–water partition coefficient (Wildman–Crippen LogP) is 4.42. The number of halogens is 1. The van der Waals surface area contributed by atoms with Crippen LogP contribution in [0.4, 0.5) is 0 Å². The molecule has 32 heavy (non-hydrogen) atoms. The minimum Gasteiger partial charge on any atom is -0.497 e. The van der Waals surface area contributed by atoms with Crippen LogP contribution in [0.15, 0.2) is 34.6 Å². The molecule has 1 fully saturated rings. The number of benzene rings is 1. The molecule has 1 aromatic carbocycles. The maximum atomic E-state index is 5.98. The van der Waals surface area contributed by atoms with E-state index in [1.165, 1.54) is 0 Å². The van der Waals surface area contributed by atoms with Gasteiger partial charge < -0.3 is 24.4 Å². The number of nitrogens with zero attached hydrogens (tertiary/aromatic N) is 3. The van der Waals surface area contributed by atoms with Crippen LogP contribution >= 0.6 is 35.3 Å². The molecule has 0 amide bonds. The second-order valence-electron chi connectivity index (χ2n) is 7.45. The van der Waals surface area contributed by atoms with Crippen LogP contribution in [0.2, 0.25) is 0 Å². The van der Waals surface area contributed by atoms with E-state index in [1.807, 2.05) is 24.3 Å². The molecule has 0 radical (unpaired) electrons. The maximum absolute atomic E-state index is 5.98. The van der Waals surface area contributed by atoms with Gasteiger partial charge in [0.2, 0.25) is 0 Å².